The summed E-state index contributed by atoms with van der Waals surface area (Å²) >= 11 is 16.7. The van der Waals surface area contributed by atoms with Crippen LogP contribution >= 0.6 is 35.4 Å². The molecule has 0 atom stereocenters. The van der Waals surface area contributed by atoms with Crippen molar-refractivity contribution in [2.24, 2.45) is 0 Å². The van der Waals surface area contributed by atoms with Crippen LogP contribution in [0.15, 0.2) is 36.4 Å². The second-order valence-corrected chi connectivity index (χ2v) is 5.73. The molecule has 4 nitrogen and oxygen atoms in total. The van der Waals surface area contributed by atoms with Gasteiger partial charge in [-0.1, -0.05) is 41.4 Å². The molecule has 0 fully saturated rings. The Kier molecular flexibility index (Phi) is 5.24. The third kappa shape index (κ3) is 3.88. The summed E-state index contributed by atoms with van der Waals surface area (Å²) in [7, 11) is 0. The number of carbonyl (C=O) groups is 1. The van der Waals surface area contributed by atoms with E-state index in [-0.39, 0.29) is 26.8 Å². The quantitative estimate of drug-likeness (QED) is 0.560. The average molecular weight is 355 g/mol. The molecule has 3 N–H and O–H groups in total. The minimum absolute atomic E-state index is 0.0861. The van der Waals surface area contributed by atoms with Crippen LogP contribution in [0.25, 0.3) is 0 Å². The number of amides is 1. The van der Waals surface area contributed by atoms with Gasteiger partial charge in [0.25, 0.3) is 5.91 Å². The van der Waals surface area contributed by atoms with Gasteiger partial charge in [-0.25, -0.2) is 0 Å². The lowest BCUT2D eigenvalue weighted by atomic mass is 10.1. The van der Waals surface area contributed by atoms with Crippen molar-refractivity contribution in [3.05, 3.63) is 57.6 Å². The van der Waals surface area contributed by atoms with E-state index in [4.69, 9.17) is 35.4 Å². The topological polar surface area (TPSA) is 61.4 Å². The third-order valence-corrected chi connectivity index (χ3v) is 3.67. The van der Waals surface area contributed by atoms with Gasteiger partial charge in [0, 0.05) is 11.3 Å². The number of aryl methyl sites for hydroxylation is 1. The fraction of sp³-hybridized carbons (Fsp3) is 0.0667. The Hall–Kier alpha value is -1.82. The normalized spacial score (nSPS) is 10.1. The van der Waals surface area contributed by atoms with E-state index in [1.807, 2.05) is 19.1 Å². The van der Waals surface area contributed by atoms with Gasteiger partial charge in [0.2, 0.25) is 0 Å². The number of benzene rings is 2. The highest BCUT2D eigenvalue weighted by Gasteiger charge is 2.11. The van der Waals surface area contributed by atoms with E-state index >= 15 is 0 Å². The van der Waals surface area contributed by atoms with Crippen LogP contribution in [0.2, 0.25) is 10.0 Å². The Morgan fingerprint density at radius 3 is 2.36 bits per heavy atom. The number of aromatic hydroxyl groups is 1. The van der Waals surface area contributed by atoms with Crippen molar-refractivity contribution in [1.82, 2.24) is 5.32 Å². The first kappa shape index (κ1) is 16.5. The summed E-state index contributed by atoms with van der Waals surface area (Å²) in [5.41, 5.74) is 1.84. The molecule has 0 heterocycles. The molecule has 2 rings (SSSR count). The fourth-order valence-electron chi connectivity index (χ4n) is 1.80. The standard InChI is InChI=1S/C15H12Cl2N2O2S/c1-8-4-2-3-5-10(8)14(21)19-15(22)18-9-6-11(16)13(20)12(17)7-9/h2-7,20H,1H3,(H2,18,19,21,22). The van der Waals surface area contributed by atoms with Crippen molar-refractivity contribution < 1.29 is 9.90 Å². The molecule has 22 heavy (non-hydrogen) atoms. The maximum absolute atomic E-state index is 12.1. The van der Waals surface area contributed by atoms with Crippen molar-refractivity contribution in [1.29, 1.82) is 0 Å². The number of hydrogen-bond acceptors (Lipinski definition) is 3. The molecule has 7 heteroatoms. The number of phenols is 1. The van der Waals surface area contributed by atoms with Crippen molar-refractivity contribution in [3.8, 4) is 5.75 Å². The first-order valence-electron chi connectivity index (χ1n) is 6.24. The molecule has 1 amide bonds. The number of rotatable bonds is 2. The molecule has 0 aliphatic heterocycles. The van der Waals surface area contributed by atoms with Gasteiger partial charge in [0.15, 0.2) is 10.9 Å². The predicted octanol–water partition coefficient (Wildman–Crippen LogP) is 4.13. The number of hydrogen-bond donors (Lipinski definition) is 3. The Morgan fingerprint density at radius 1 is 1.18 bits per heavy atom. The van der Waals surface area contributed by atoms with Crippen LogP contribution in [-0.4, -0.2) is 16.1 Å². The number of anilines is 1. The lowest BCUT2D eigenvalue weighted by Gasteiger charge is -2.12. The van der Waals surface area contributed by atoms with Gasteiger partial charge in [-0.2, -0.15) is 0 Å². The minimum atomic E-state index is -0.313. The van der Waals surface area contributed by atoms with Crippen LogP contribution in [0, 0.1) is 6.92 Å². The van der Waals surface area contributed by atoms with E-state index in [1.165, 1.54) is 12.1 Å². The first-order chi connectivity index (χ1) is 10.4. The minimum Gasteiger partial charge on any atom is -0.505 e. The van der Waals surface area contributed by atoms with Crippen molar-refractivity contribution in [3.63, 3.8) is 0 Å². The fourth-order valence-corrected chi connectivity index (χ4v) is 2.50. The van der Waals surface area contributed by atoms with Crippen LogP contribution in [0.4, 0.5) is 5.69 Å². The van der Waals surface area contributed by atoms with Gasteiger partial charge >= 0.3 is 0 Å². The Bertz CT molecular complexity index is 727. The largest absolute Gasteiger partial charge is 0.505 e. The van der Waals surface area contributed by atoms with E-state index < -0.39 is 0 Å². The molecule has 0 aromatic heterocycles. The Balaban J connectivity index is 2.08. The average Bonchev–Trinajstić information content (AvgIpc) is 2.44. The highest BCUT2D eigenvalue weighted by molar-refractivity contribution is 7.80. The van der Waals surface area contributed by atoms with E-state index in [2.05, 4.69) is 10.6 Å². The van der Waals surface area contributed by atoms with Crippen molar-refractivity contribution in [2.45, 2.75) is 6.92 Å². The van der Waals surface area contributed by atoms with Gasteiger partial charge in [-0.3, -0.25) is 10.1 Å². The van der Waals surface area contributed by atoms with E-state index in [1.54, 1.807) is 12.1 Å². The number of thiocarbonyl (C=S) groups is 1. The molecule has 0 radical (unpaired) electrons. The third-order valence-electron chi connectivity index (χ3n) is 2.89. The van der Waals surface area contributed by atoms with Crippen molar-refractivity contribution in [2.75, 3.05) is 5.32 Å². The zero-order valence-corrected chi connectivity index (χ0v) is 13.8. The summed E-state index contributed by atoms with van der Waals surface area (Å²) < 4.78 is 0. The molecule has 0 unspecified atom stereocenters. The molecule has 0 bridgehead atoms. The SMILES string of the molecule is Cc1ccccc1C(=O)NC(=S)Nc1cc(Cl)c(O)c(Cl)c1. The van der Waals surface area contributed by atoms with Gasteiger partial charge < -0.3 is 10.4 Å². The number of phenolic OH excluding ortho intramolecular Hbond substituents is 1. The van der Waals surface area contributed by atoms with Crippen LogP contribution in [0.1, 0.15) is 15.9 Å². The second-order valence-electron chi connectivity index (χ2n) is 4.51. The lowest BCUT2D eigenvalue weighted by Crippen LogP contribution is -2.34. The van der Waals surface area contributed by atoms with Crippen LogP contribution in [0.3, 0.4) is 0 Å². The van der Waals surface area contributed by atoms with Gasteiger partial charge in [-0.05, 0) is 42.9 Å². The Morgan fingerprint density at radius 2 is 1.77 bits per heavy atom. The number of halogens is 2. The van der Waals surface area contributed by atoms with Gasteiger partial charge in [0.05, 0.1) is 10.0 Å². The molecule has 0 saturated heterocycles. The van der Waals surface area contributed by atoms with Crippen LogP contribution < -0.4 is 10.6 Å². The lowest BCUT2D eigenvalue weighted by molar-refractivity contribution is 0.0977. The van der Waals surface area contributed by atoms with E-state index in [9.17, 15) is 9.90 Å². The summed E-state index contributed by atoms with van der Waals surface area (Å²) in [6.45, 7) is 1.84. The molecule has 114 valence electrons. The maximum atomic E-state index is 12.1. The molecular formula is C15H12Cl2N2O2S. The molecule has 0 aliphatic carbocycles. The molecule has 2 aromatic rings. The zero-order chi connectivity index (χ0) is 16.3. The summed E-state index contributed by atoms with van der Waals surface area (Å²) in [5, 5.41) is 15.1. The first-order valence-corrected chi connectivity index (χ1v) is 7.41. The molecule has 0 saturated carbocycles. The van der Waals surface area contributed by atoms with Crippen molar-refractivity contribution >= 4 is 52.1 Å². The highest BCUT2D eigenvalue weighted by atomic mass is 35.5. The van der Waals surface area contributed by atoms with E-state index in [0.717, 1.165) is 5.56 Å². The second kappa shape index (κ2) is 6.96. The molecule has 0 aliphatic rings. The summed E-state index contributed by atoms with van der Waals surface area (Å²) in [6.07, 6.45) is 0. The summed E-state index contributed by atoms with van der Waals surface area (Å²) in [5.74, 6) is -0.518. The highest BCUT2D eigenvalue weighted by Crippen LogP contribution is 2.34. The smallest absolute Gasteiger partial charge is 0.257 e. The Labute approximate surface area is 143 Å². The van der Waals surface area contributed by atoms with E-state index in [0.29, 0.717) is 11.3 Å². The molecule has 0 spiro atoms. The van der Waals surface area contributed by atoms with Crippen LogP contribution in [0.5, 0.6) is 5.75 Å². The summed E-state index contributed by atoms with van der Waals surface area (Å²) in [4.78, 5) is 12.1. The molecule has 2 aromatic carbocycles. The monoisotopic (exact) mass is 354 g/mol. The van der Waals surface area contributed by atoms with Crippen LogP contribution in [-0.2, 0) is 0 Å². The molecular weight excluding hydrogens is 343 g/mol. The number of carbonyl (C=O) groups excluding carboxylic acids is 1. The zero-order valence-electron chi connectivity index (χ0n) is 11.5. The maximum Gasteiger partial charge on any atom is 0.257 e. The number of nitrogens with one attached hydrogen (secondary N) is 2. The van der Waals surface area contributed by atoms with Gasteiger partial charge in [0.1, 0.15) is 0 Å². The predicted molar refractivity (Wildman–Crippen MR) is 93.0 cm³/mol. The summed E-state index contributed by atoms with van der Waals surface area (Å²) in [6, 6.07) is 10.1. The van der Waals surface area contributed by atoms with Gasteiger partial charge in [-0.15, -0.1) is 0 Å².